The van der Waals surface area contributed by atoms with Crippen molar-refractivity contribution in [3.63, 3.8) is 0 Å². The Morgan fingerprint density at radius 1 is 0.642 bits per heavy atom. The number of rotatable bonds is 10. The second-order valence-electron chi connectivity index (χ2n) is 12.9. The third kappa shape index (κ3) is 9.38. The SMILES string of the molecule is C=C/C=C(\C=C/C)/C=C\C(=C/C=C/Nc1ccc(-c2ccc(C)c(-c3ccccc3C)c2)cc1)c1ccc2c(c1)\C=C/C=C\C=C\Nc1ccccc1-2. The lowest BCUT2D eigenvalue weighted by atomic mass is 9.93. The van der Waals surface area contributed by atoms with Crippen LogP contribution in [-0.4, -0.2) is 0 Å². The predicted molar refractivity (Wildman–Crippen MR) is 233 cm³/mol. The summed E-state index contributed by atoms with van der Waals surface area (Å²) in [5, 5.41) is 6.92. The van der Waals surface area contributed by atoms with E-state index in [1.807, 2.05) is 49.7 Å². The number of anilines is 2. The van der Waals surface area contributed by atoms with Gasteiger partial charge in [0.05, 0.1) is 0 Å². The smallest absolute Gasteiger partial charge is 0.0459 e. The summed E-state index contributed by atoms with van der Waals surface area (Å²) in [6.07, 6.45) is 30.8. The van der Waals surface area contributed by atoms with Gasteiger partial charge in [0.15, 0.2) is 0 Å². The molecule has 53 heavy (non-hydrogen) atoms. The Morgan fingerprint density at radius 2 is 1.40 bits per heavy atom. The lowest BCUT2D eigenvalue weighted by Gasteiger charge is -2.14. The number of allylic oxidation sites excluding steroid dienone is 14. The van der Waals surface area contributed by atoms with Crippen molar-refractivity contribution in [3.05, 3.63) is 229 Å². The number of fused-ring (bicyclic) bond motifs is 3. The van der Waals surface area contributed by atoms with Crippen LogP contribution < -0.4 is 10.6 Å². The molecular formula is C51H46N2. The predicted octanol–water partition coefficient (Wildman–Crippen LogP) is 14.1. The van der Waals surface area contributed by atoms with Gasteiger partial charge in [-0.3, -0.25) is 0 Å². The van der Waals surface area contributed by atoms with Crippen molar-refractivity contribution in [1.29, 1.82) is 0 Å². The second-order valence-corrected chi connectivity index (χ2v) is 12.9. The summed E-state index contributed by atoms with van der Waals surface area (Å²) < 4.78 is 0. The molecule has 0 aliphatic carbocycles. The summed E-state index contributed by atoms with van der Waals surface area (Å²) in [4.78, 5) is 0. The Hall–Kier alpha value is -6.64. The maximum Gasteiger partial charge on any atom is 0.0459 e. The van der Waals surface area contributed by atoms with Crippen LogP contribution in [0.2, 0.25) is 0 Å². The fraction of sp³-hybridized carbons (Fsp3) is 0.0588. The molecule has 0 saturated carbocycles. The molecule has 2 N–H and O–H groups in total. The molecular weight excluding hydrogens is 641 g/mol. The highest BCUT2D eigenvalue weighted by molar-refractivity contribution is 5.87. The Balaban J connectivity index is 1.28. The van der Waals surface area contributed by atoms with Gasteiger partial charge in [-0.1, -0.05) is 152 Å². The number of nitrogens with one attached hydrogen (secondary N) is 2. The molecule has 1 heterocycles. The van der Waals surface area contributed by atoms with Gasteiger partial charge < -0.3 is 10.6 Å². The van der Waals surface area contributed by atoms with Crippen molar-refractivity contribution in [2.24, 2.45) is 0 Å². The molecule has 0 aromatic heterocycles. The van der Waals surface area contributed by atoms with Gasteiger partial charge in [-0.15, -0.1) is 0 Å². The molecule has 0 atom stereocenters. The summed E-state index contributed by atoms with van der Waals surface area (Å²) in [5.41, 5.74) is 16.3. The van der Waals surface area contributed by atoms with Crippen molar-refractivity contribution < 1.29 is 0 Å². The number of aryl methyl sites for hydroxylation is 2. The van der Waals surface area contributed by atoms with Crippen molar-refractivity contribution >= 4 is 23.0 Å². The molecule has 1 aliphatic rings. The van der Waals surface area contributed by atoms with Gasteiger partial charge in [-0.25, -0.2) is 0 Å². The molecule has 0 bridgehead atoms. The topological polar surface area (TPSA) is 24.1 Å². The Labute approximate surface area is 315 Å². The van der Waals surface area contributed by atoms with Gasteiger partial charge in [0.1, 0.15) is 0 Å². The molecule has 2 nitrogen and oxygen atoms in total. The maximum atomic E-state index is 3.91. The molecule has 1 aliphatic heterocycles. The van der Waals surface area contributed by atoms with Gasteiger partial charge in [-0.05, 0) is 124 Å². The molecule has 5 aromatic rings. The van der Waals surface area contributed by atoms with Crippen LogP contribution in [0.3, 0.4) is 0 Å². The highest BCUT2D eigenvalue weighted by Crippen LogP contribution is 2.35. The monoisotopic (exact) mass is 686 g/mol. The van der Waals surface area contributed by atoms with Gasteiger partial charge in [0.25, 0.3) is 0 Å². The standard InChI is InChI=1S/C51H46N2/c1-5-16-40(17-6-2)25-27-41(43-30-33-48-45(36-43)19-9-7-8-14-34-53-51-23-13-12-22-49(48)51)20-15-35-52-46-31-28-42(29-32-46)44-26-24-39(4)50(37-44)47-21-11-10-18-38(47)3/h5-37,52-53H,1H2,2-4H3/b8-7-,17-6-,19-9-,27-25-,34-14+,35-15+,40-16+,41-20+. The van der Waals surface area contributed by atoms with Gasteiger partial charge >= 0.3 is 0 Å². The van der Waals surface area contributed by atoms with Crippen LogP contribution in [0.1, 0.15) is 29.2 Å². The van der Waals surface area contributed by atoms with Crippen LogP contribution in [0.4, 0.5) is 11.4 Å². The summed E-state index contributed by atoms with van der Waals surface area (Å²) in [7, 11) is 0. The van der Waals surface area contributed by atoms with Crippen LogP contribution in [0.15, 0.2) is 207 Å². The summed E-state index contributed by atoms with van der Waals surface area (Å²) in [5.74, 6) is 0. The largest absolute Gasteiger partial charge is 0.362 e. The van der Waals surface area contributed by atoms with Crippen LogP contribution >= 0.6 is 0 Å². The quantitative estimate of drug-likeness (QED) is 0.143. The van der Waals surface area contributed by atoms with Crippen LogP contribution in [0.25, 0.3) is 45.0 Å². The number of hydrogen-bond donors (Lipinski definition) is 2. The zero-order valence-corrected chi connectivity index (χ0v) is 30.8. The Morgan fingerprint density at radius 3 is 2.21 bits per heavy atom. The molecule has 6 rings (SSSR count). The number of para-hydroxylation sites is 1. The average Bonchev–Trinajstić information content (AvgIpc) is 3.22. The first kappa shape index (κ1) is 36.2. The highest BCUT2D eigenvalue weighted by atomic mass is 14.8. The van der Waals surface area contributed by atoms with E-state index in [1.54, 1.807) is 0 Å². The third-order valence-electron chi connectivity index (χ3n) is 9.18. The molecule has 5 aromatic carbocycles. The second kappa shape index (κ2) is 18.0. The zero-order valence-electron chi connectivity index (χ0n) is 30.8. The molecule has 0 spiro atoms. The van der Waals surface area contributed by atoms with E-state index in [-0.39, 0.29) is 0 Å². The summed E-state index contributed by atoms with van der Waals surface area (Å²) in [6.45, 7) is 10.3. The van der Waals surface area contributed by atoms with Crippen LogP contribution in [0, 0.1) is 13.8 Å². The minimum absolute atomic E-state index is 1.02. The highest BCUT2D eigenvalue weighted by Gasteiger charge is 2.11. The summed E-state index contributed by atoms with van der Waals surface area (Å²) >= 11 is 0. The normalized spacial score (nSPS) is 15.0. The van der Waals surface area contributed by atoms with E-state index in [0.29, 0.717) is 0 Å². The van der Waals surface area contributed by atoms with Crippen molar-refractivity contribution in [2.75, 3.05) is 10.6 Å². The minimum Gasteiger partial charge on any atom is -0.362 e. The summed E-state index contributed by atoms with van der Waals surface area (Å²) in [6, 6.07) is 39.0. The molecule has 0 fully saturated rings. The molecule has 0 amide bonds. The van der Waals surface area contributed by atoms with E-state index in [9.17, 15) is 0 Å². The molecule has 0 unspecified atom stereocenters. The number of benzene rings is 5. The fourth-order valence-corrected chi connectivity index (χ4v) is 6.40. The van der Waals surface area contributed by atoms with E-state index in [2.05, 4.69) is 189 Å². The lowest BCUT2D eigenvalue weighted by molar-refractivity contribution is 1.41. The van der Waals surface area contributed by atoms with Crippen LogP contribution in [-0.2, 0) is 0 Å². The van der Waals surface area contributed by atoms with Crippen molar-refractivity contribution in [1.82, 2.24) is 0 Å². The number of hydrogen-bond acceptors (Lipinski definition) is 2. The van der Waals surface area contributed by atoms with E-state index < -0.39 is 0 Å². The average molecular weight is 687 g/mol. The molecule has 0 saturated heterocycles. The first-order chi connectivity index (χ1) is 26.0. The van der Waals surface area contributed by atoms with E-state index >= 15 is 0 Å². The van der Waals surface area contributed by atoms with Gasteiger partial charge in [0.2, 0.25) is 0 Å². The van der Waals surface area contributed by atoms with Crippen molar-refractivity contribution in [3.8, 4) is 33.4 Å². The fourth-order valence-electron chi connectivity index (χ4n) is 6.40. The van der Waals surface area contributed by atoms with Crippen LogP contribution in [0.5, 0.6) is 0 Å². The molecule has 0 radical (unpaired) electrons. The Kier molecular flexibility index (Phi) is 12.3. The van der Waals surface area contributed by atoms with E-state index in [0.717, 1.165) is 39.2 Å². The maximum absolute atomic E-state index is 3.91. The molecule has 260 valence electrons. The Bertz CT molecular complexity index is 2320. The van der Waals surface area contributed by atoms with Crippen molar-refractivity contribution in [2.45, 2.75) is 20.8 Å². The minimum atomic E-state index is 1.02. The van der Waals surface area contributed by atoms with E-state index in [1.165, 1.54) is 38.9 Å². The lowest BCUT2D eigenvalue weighted by Crippen LogP contribution is -1.94. The van der Waals surface area contributed by atoms with Gasteiger partial charge in [0, 0.05) is 29.3 Å². The first-order valence-corrected chi connectivity index (χ1v) is 18.1. The van der Waals surface area contributed by atoms with Gasteiger partial charge in [-0.2, -0.15) is 0 Å². The van der Waals surface area contributed by atoms with E-state index in [4.69, 9.17) is 0 Å². The molecule has 2 heteroatoms. The third-order valence-corrected chi connectivity index (χ3v) is 9.18. The first-order valence-electron chi connectivity index (χ1n) is 18.1. The zero-order chi connectivity index (χ0) is 36.8.